The fraction of sp³-hybridized carbons (Fsp3) is 0.500. The van der Waals surface area contributed by atoms with Gasteiger partial charge < -0.3 is 14.8 Å². The Labute approximate surface area is 143 Å². The lowest BCUT2D eigenvalue weighted by atomic mass is 9.97. The van der Waals surface area contributed by atoms with E-state index in [0.29, 0.717) is 10.9 Å². The number of carbonyl (C=O) groups is 1. The number of aryl methyl sites for hydroxylation is 1. The molecule has 2 N–H and O–H groups in total. The predicted octanol–water partition coefficient (Wildman–Crippen LogP) is 3.89. The van der Waals surface area contributed by atoms with Crippen molar-refractivity contribution in [3.8, 4) is 0 Å². The van der Waals surface area contributed by atoms with Crippen molar-refractivity contribution in [1.29, 1.82) is 0 Å². The molecule has 25 heavy (non-hydrogen) atoms. The monoisotopic (exact) mass is 355 g/mol. The number of amides is 1. The highest BCUT2D eigenvalue weighted by Crippen LogP contribution is 2.43. The fourth-order valence-electron chi connectivity index (χ4n) is 3.08. The van der Waals surface area contributed by atoms with Crippen molar-refractivity contribution in [2.45, 2.75) is 51.0 Å². The molecular weight excluding hydrogens is 335 g/mol. The Morgan fingerprint density at radius 3 is 2.68 bits per heavy atom. The number of benzene rings is 1. The topological polar surface area (TPSA) is 62.5 Å². The summed E-state index contributed by atoms with van der Waals surface area (Å²) < 4.78 is 45.0. The molecule has 1 saturated carbocycles. The lowest BCUT2D eigenvalue weighted by Crippen LogP contribution is -2.50. The molecule has 0 bridgehead atoms. The average Bonchev–Trinajstić information content (AvgIpc) is 3.28. The van der Waals surface area contributed by atoms with E-state index in [0.717, 1.165) is 12.8 Å². The number of furan rings is 1. The molecule has 1 aliphatic rings. The normalized spacial score (nSPS) is 17.1. The predicted molar refractivity (Wildman–Crippen MR) is 86.5 cm³/mol. The molecule has 7 heteroatoms. The molecule has 4 nitrogen and oxygen atoms in total. The second-order valence-corrected chi connectivity index (χ2v) is 6.95. The van der Waals surface area contributed by atoms with Crippen molar-refractivity contribution < 1.29 is 27.5 Å². The maximum atomic E-state index is 14.1. The number of hydrogen-bond donors (Lipinski definition) is 2. The third-order valence-electron chi connectivity index (χ3n) is 4.60. The standard InChI is InChI=1S/C18H20F3NO3/c1-9-16(17(24)22-18(2,8-23)7-15(20)21)12-5-11(10-3-4-10)13(19)6-14(12)25-9/h5-6,10,15,23H,3-4,7-8H2,1-2H3,(H,22,24). The van der Waals surface area contributed by atoms with Crippen LogP contribution in [0.5, 0.6) is 0 Å². The van der Waals surface area contributed by atoms with E-state index in [1.165, 1.54) is 13.0 Å². The third kappa shape index (κ3) is 3.51. The molecule has 1 amide bonds. The third-order valence-corrected chi connectivity index (χ3v) is 4.60. The molecule has 0 saturated heterocycles. The highest BCUT2D eigenvalue weighted by molar-refractivity contribution is 6.07. The summed E-state index contributed by atoms with van der Waals surface area (Å²) in [6.07, 6.45) is -1.54. The summed E-state index contributed by atoms with van der Waals surface area (Å²) in [6, 6.07) is 2.87. The Balaban J connectivity index is 1.98. The summed E-state index contributed by atoms with van der Waals surface area (Å²) in [5, 5.41) is 12.3. The number of carbonyl (C=O) groups excluding carboxylic acids is 1. The van der Waals surface area contributed by atoms with Gasteiger partial charge in [0, 0.05) is 17.9 Å². The molecule has 1 aromatic heterocycles. The van der Waals surface area contributed by atoms with Gasteiger partial charge in [0.25, 0.3) is 5.91 Å². The molecule has 3 rings (SSSR count). The number of aliphatic hydroxyl groups is 1. The Hall–Kier alpha value is -2.02. The van der Waals surface area contributed by atoms with Gasteiger partial charge in [-0.15, -0.1) is 0 Å². The molecule has 1 aromatic carbocycles. The van der Waals surface area contributed by atoms with Gasteiger partial charge in [0.2, 0.25) is 6.43 Å². The van der Waals surface area contributed by atoms with Gasteiger partial charge in [-0.05, 0) is 44.2 Å². The smallest absolute Gasteiger partial charge is 0.255 e. The van der Waals surface area contributed by atoms with Gasteiger partial charge in [-0.2, -0.15) is 0 Å². The first kappa shape index (κ1) is 17.8. The minimum Gasteiger partial charge on any atom is -0.460 e. The molecule has 1 aliphatic carbocycles. The summed E-state index contributed by atoms with van der Waals surface area (Å²) in [5.74, 6) is -0.565. The largest absolute Gasteiger partial charge is 0.460 e. The van der Waals surface area contributed by atoms with E-state index in [9.17, 15) is 23.1 Å². The van der Waals surface area contributed by atoms with E-state index in [1.54, 1.807) is 13.0 Å². The van der Waals surface area contributed by atoms with E-state index in [-0.39, 0.29) is 28.6 Å². The quantitative estimate of drug-likeness (QED) is 0.826. The first-order chi connectivity index (χ1) is 11.7. The van der Waals surface area contributed by atoms with Crippen LogP contribution < -0.4 is 5.32 Å². The Bertz CT molecular complexity index is 813. The van der Waals surface area contributed by atoms with Crippen LogP contribution in [0.25, 0.3) is 11.0 Å². The van der Waals surface area contributed by atoms with Gasteiger partial charge in [-0.25, -0.2) is 13.2 Å². The molecule has 1 heterocycles. The summed E-state index contributed by atoms with van der Waals surface area (Å²) in [5.41, 5.74) is -0.490. The molecule has 0 aliphatic heterocycles. The SMILES string of the molecule is Cc1oc2cc(F)c(C3CC3)cc2c1C(=O)NC(C)(CO)CC(F)F. The first-order valence-electron chi connectivity index (χ1n) is 8.18. The van der Waals surface area contributed by atoms with Crippen LogP contribution in [0.4, 0.5) is 13.2 Å². The zero-order valence-electron chi connectivity index (χ0n) is 14.0. The zero-order chi connectivity index (χ0) is 18.4. The number of hydrogen-bond acceptors (Lipinski definition) is 3. The lowest BCUT2D eigenvalue weighted by Gasteiger charge is -2.28. The van der Waals surface area contributed by atoms with E-state index in [1.807, 2.05) is 0 Å². The van der Waals surface area contributed by atoms with E-state index in [2.05, 4.69) is 5.32 Å². The van der Waals surface area contributed by atoms with Crippen LogP contribution in [-0.4, -0.2) is 29.6 Å². The van der Waals surface area contributed by atoms with Gasteiger partial charge in [-0.3, -0.25) is 4.79 Å². The summed E-state index contributed by atoms with van der Waals surface area (Å²) in [7, 11) is 0. The second-order valence-electron chi connectivity index (χ2n) is 6.95. The number of aliphatic hydroxyl groups excluding tert-OH is 1. The molecule has 1 unspecified atom stereocenters. The second kappa shape index (κ2) is 6.37. The number of nitrogens with one attached hydrogen (secondary N) is 1. The van der Waals surface area contributed by atoms with Crippen LogP contribution in [0, 0.1) is 12.7 Å². The highest BCUT2D eigenvalue weighted by Gasteiger charge is 2.33. The number of fused-ring (bicyclic) bond motifs is 1. The number of halogens is 3. The van der Waals surface area contributed by atoms with E-state index in [4.69, 9.17) is 4.42 Å². The van der Waals surface area contributed by atoms with Gasteiger partial charge in [0.05, 0.1) is 17.7 Å². The minimum atomic E-state index is -2.67. The molecule has 0 spiro atoms. The van der Waals surface area contributed by atoms with Crippen molar-refractivity contribution in [3.63, 3.8) is 0 Å². The molecule has 0 radical (unpaired) electrons. The number of rotatable bonds is 6. The van der Waals surface area contributed by atoms with Crippen LogP contribution in [0.3, 0.4) is 0 Å². The van der Waals surface area contributed by atoms with Crippen LogP contribution in [0.15, 0.2) is 16.5 Å². The van der Waals surface area contributed by atoms with Crippen molar-refractivity contribution in [2.75, 3.05) is 6.61 Å². The van der Waals surface area contributed by atoms with E-state index >= 15 is 0 Å². The maximum Gasteiger partial charge on any atom is 0.255 e. The first-order valence-corrected chi connectivity index (χ1v) is 8.18. The Kier molecular flexibility index (Phi) is 4.53. The Morgan fingerprint density at radius 1 is 1.44 bits per heavy atom. The van der Waals surface area contributed by atoms with Crippen LogP contribution in [-0.2, 0) is 0 Å². The van der Waals surface area contributed by atoms with Gasteiger partial charge in [0.15, 0.2) is 0 Å². The summed E-state index contributed by atoms with van der Waals surface area (Å²) in [6.45, 7) is 2.29. The molecular formula is C18H20F3NO3. The fourth-order valence-corrected chi connectivity index (χ4v) is 3.08. The van der Waals surface area contributed by atoms with Gasteiger partial charge >= 0.3 is 0 Å². The lowest BCUT2D eigenvalue weighted by molar-refractivity contribution is 0.0586. The van der Waals surface area contributed by atoms with Crippen LogP contribution >= 0.6 is 0 Å². The van der Waals surface area contributed by atoms with Crippen molar-refractivity contribution >= 4 is 16.9 Å². The van der Waals surface area contributed by atoms with Crippen LogP contribution in [0.2, 0.25) is 0 Å². The summed E-state index contributed by atoms with van der Waals surface area (Å²) >= 11 is 0. The van der Waals surface area contributed by atoms with Crippen molar-refractivity contribution in [2.24, 2.45) is 0 Å². The molecule has 136 valence electrons. The molecule has 1 fully saturated rings. The van der Waals surface area contributed by atoms with Crippen molar-refractivity contribution in [3.05, 3.63) is 34.8 Å². The zero-order valence-corrected chi connectivity index (χ0v) is 14.0. The van der Waals surface area contributed by atoms with Gasteiger partial charge in [0.1, 0.15) is 17.2 Å². The van der Waals surface area contributed by atoms with Crippen LogP contribution in [0.1, 0.15) is 53.8 Å². The minimum absolute atomic E-state index is 0.150. The summed E-state index contributed by atoms with van der Waals surface area (Å²) in [4.78, 5) is 12.7. The average molecular weight is 355 g/mol. The van der Waals surface area contributed by atoms with Gasteiger partial charge in [-0.1, -0.05) is 0 Å². The number of alkyl halides is 2. The Morgan fingerprint density at radius 2 is 2.12 bits per heavy atom. The van der Waals surface area contributed by atoms with E-state index < -0.39 is 30.9 Å². The van der Waals surface area contributed by atoms with Crippen molar-refractivity contribution in [1.82, 2.24) is 5.32 Å². The highest BCUT2D eigenvalue weighted by atomic mass is 19.3. The molecule has 2 aromatic rings. The molecule has 1 atom stereocenters. The maximum absolute atomic E-state index is 14.1.